The van der Waals surface area contributed by atoms with Crippen molar-refractivity contribution in [1.29, 1.82) is 0 Å². The lowest BCUT2D eigenvalue weighted by atomic mass is 10.3. The molecule has 0 N–H and O–H groups in total. The van der Waals surface area contributed by atoms with Crippen LogP contribution >= 0.6 is 21.8 Å². The van der Waals surface area contributed by atoms with Crippen molar-refractivity contribution in [3.05, 3.63) is 0 Å². The first kappa shape index (κ1) is 19.8. The Morgan fingerprint density at radius 2 is 1.42 bits per heavy atom. The van der Waals surface area contributed by atoms with E-state index in [2.05, 4.69) is 32.0 Å². The third kappa shape index (κ3) is 7.36. The summed E-state index contributed by atoms with van der Waals surface area (Å²) in [5.41, 5.74) is 0. The zero-order valence-corrected chi connectivity index (χ0v) is 15.9. The second-order valence-electron chi connectivity index (χ2n) is 4.84. The van der Waals surface area contributed by atoms with Crippen LogP contribution in [0.2, 0.25) is 6.04 Å². The fourth-order valence-corrected chi connectivity index (χ4v) is 6.53. The molecule has 0 radical (unpaired) electrons. The summed E-state index contributed by atoms with van der Waals surface area (Å²) in [4.78, 5) is 0. The Balaban J connectivity index is 3.91. The quantitative estimate of drug-likeness (QED) is 0.249. The molecule has 0 aromatic carbocycles. The second kappa shape index (κ2) is 10.5. The summed E-state index contributed by atoms with van der Waals surface area (Å²) in [5, 5.41) is 0. The van der Waals surface area contributed by atoms with Crippen LogP contribution in [0.5, 0.6) is 0 Å². The lowest BCUT2D eigenvalue weighted by Crippen LogP contribution is -2.42. The van der Waals surface area contributed by atoms with Gasteiger partial charge in [-0.25, -0.2) is 4.31 Å². The van der Waals surface area contributed by atoms with Crippen LogP contribution in [0.4, 0.5) is 0 Å². The van der Waals surface area contributed by atoms with Gasteiger partial charge < -0.3 is 13.3 Å². The lowest BCUT2D eigenvalue weighted by molar-refractivity contribution is 0.123. The third-order valence-electron chi connectivity index (χ3n) is 2.80. The van der Waals surface area contributed by atoms with E-state index in [0.717, 1.165) is 18.2 Å². The molecule has 0 fully saturated rings. The number of hydrogen-bond acceptors (Lipinski definition) is 6. The Morgan fingerprint density at radius 1 is 0.947 bits per heavy atom. The van der Waals surface area contributed by atoms with Gasteiger partial charge in [0.2, 0.25) is 0 Å². The lowest BCUT2D eigenvalue weighted by Gasteiger charge is -2.28. The van der Waals surface area contributed by atoms with Gasteiger partial charge in [0, 0.05) is 45.2 Å². The van der Waals surface area contributed by atoms with E-state index in [9.17, 15) is 0 Å². The zero-order chi connectivity index (χ0) is 14.9. The van der Waals surface area contributed by atoms with Gasteiger partial charge in [0.1, 0.15) is 0 Å². The highest BCUT2D eigenvalue weighted by Crippen LogP contribution is 2.31. The monoisotopic (exact) mass is 327 g/mol. The molecule has 0 bridgehead atoms. The highest BCUT2D eigenvalue weighted by atomic mass is 33.1. The van der Waals surface area contributed by atoms with E-state index in [1.807, 2.05) is 21.8 Å². The third-order valence-corrected chi connectivity index (χ3v) is 8.54. The molecule has 0 aromatic heterocycles. The molecule has 0 aliphatic heterocycles. The summed E-state index contributed by atoms with van der Waals surface area (Å²) in [6.45, 7) is 8.91. The SMILES string of the molecule is CO[Si](CCCSSN(C(C)C)C(C)C)(OC)OC. The Morgan fingerprint density at radius 3 is 1.79 bits per heavy atom. The highest BCUT2D eigenvalue weighted by Gasteiger charge is 2.36. The summed E-state index contributed by atoms with van der Waals surface area (Å²) in [6.07, 6.45) is 1.05. The largest absolute Gasteiger partial charge is 0.500 e. The molecule has 0 atom stereocenters. The van der Waals surface area contributed by atoms with Crippen LogP contribution in [0, 0.1) is 0 Å². The van der Waals surface area contributed by atoms with Crippen molar-refractivity contribution in [1.82, 2.24) is 4.31 Å². The Kier molecular flexibility index (Phi) is 10.9. The second-order valence-corrected chi connectivity index (χ2v) is 10.3. The van der Waals surface area contributed by atoms with Crippen LogP contribution in [0.3, 0.4) is 0 Å². The van der Waals surface area contributed by atoms with Crippen molar-refractivity contribution in [2.45, 2.75) is 52.2 Å². The Hall–Kier alpha value is 0.757. The molecule has 0 aliphatic rings. The maximum absolute atomic E-state index is 5.41. The highest BCUT2D eigenvalue weighted by molar-refractivity contribution is 8.75. The van der Waals surface area contributed by atoms with Crippen molar-refractivity contribution in [2.24, 2.45) is 0 Å². The molecule has 0 aliphatic carbocycles. The molecule has 0 heterocycles. The smallest absolute Gasteiger partial charge is 0.377 e. The molecule has 0 unspecified atom stereocenters. The van der Waals surface area contributed by atoms with Gasteiger partial charge in [-0.05, 0) is 45.1 Å². The fourth-order valence-electron chi connectivity index (χ4n) is 1.77. The van der Waals surface area contributed by atoms with E-state index in [-0.39, 0.29) is 0 Å². The minimum atomic E-state index is -2.37. The normalized spacial score (nSPS) is 12.9. The van der Waals surface area contributed by atoms with Crippen LogP contribution in [0.25, 0.3) is 0 Å². The van der Waals surface area contributed by atoms with E-state index in [0.29, 0.717) is 12.1 Å². The van der Waals surface area contributed by atoms with Crippen molar-refractivity contribution in [2.75, 3.05) is 27.1 Å². The first-order chi connectivity index (χ1) is 8.92. The van der Waals surface area contributed by atoms with Crippen LogP contribution in [-0.2, 0) is 13.3 Å². The van der Waals surface area contributed by atoms with Crippen molar-refractivity contribution >= 4 is 30.6 Å². The number of hydrogen-bond donors (Lipinski definition) is 0. The maximum Gasteiger partial charge on any atom is 0.500 e. The summed E-state index contributed by atoms with van der Waals surface area (Å²) in [5.74, 6) is 1.07. The molecular formula is C12H29NO3S2Si. The molecule has 7 heteroatoms. The first-order valence-corrected chi connectivity index (χ1v) is 10.9. The van der Waals surface area contributed by atoms with Crippen LogP contribution in [0.15, 0.2) is 0 Å². The van der Waals surface area contributed by atoms with Gasteiger partial charge in [-0.15, -0.1) is 0 Å². The summed E-state index contributed by atoms with van der Waals surface area (Å²) in [6, 6.07) is 1.98. The van der Waals surface area contributed by atoms with E-state index in [1.54, 1.807) is 21.3 Å². The van der Waals surface area contributed by atoms with Gasteiger partial charge in [0.15, 0.2) is 0 Å². The Labute approximate surface area is 127 Å². The standard InChI is InChI=1S/C12H29NO3S2Si/c1-11(2)13(12(3)4)18-17-9-8-10-19(14-5,15-6)16-7/h11-12H,8-10H2,1-7H3. The molecule has 116 valence electrons. The van der Waals surface area contributed by atoms with Crippen LogP contribution < -0.4 is 0 Å². The summed E-state index contributed by atoms with van der Waals surface area (Å²) < 4.78 is 18.6. The zero-order valence-electron chi connectivity index (χ0n) is 13.3. The molecule has 0 saturated carbocycles. The average Bonchev–Trinajstić information content (AvgIpc) is 2.38. The van der Waals surface area contributed by atoms with Gasteiger partial charge in [0.05, 0.1) is 0 Å². The van der Waals surface area contributed by atoms with E-state index in [1.165, 1.54) is 0 Å². The number of rotatable bonds is 11. The fraction of sp³-hybridized carbons (Fsp3) is 1.00. The van der Waals surface area contributed by atoms with Gasteiger partial charge in [-0.2, -0.15) is 0 Å². The molecule has 19 heavy (non-hydrogen) atoms. The average molecular weight is 328 g/mol. The first-order valence-electron chi connectivity index (χ1n) is 6.65. The Bertz CT molecular complexity index is 213. The predicted molar refractivity (Wildman–Crippen MR) is 88.4 cm³/mol. The van der Waals surface area contributed by atoms with Crippen LogP contribution in [-0.4, -0.2) is 52.3 Å². The van der Waals surface area contributed by atoms with E-state index < -0.39 is 8.80 Å². The molecule has 0 rings (SSSR count). The van der Waals surface area contributed by atoms with E-state index in [4.69, 9.17) is 13.3 Å². The maximum atomic E-state index is 5.41. The topological polar surface area (TPSA) is 30.9 Å². The minimum absolute atomic E-state index is 0.558. The van der Waals surface area contributed by atoms with Crippen LogP contribution in [0.1, 0.15) is 34.1 Å². The molecular weight excluding hydrogens is 298 g/mol. The molecule has 4 nitrogen and oxygen atoms in total. The van der Waals surface area contributed by atoms with Crippen molar-refractivity contribution in [3.63, 3.8) is 0 Å². The molecule has 0 amide bonds. The molecule has 0 aromatic rings. The summed E-state index contributed by atoms with van der Waals surface area (Å²) >= 11 is 0. The molecule has 0 spiro atoms. The van der Waals surface area contributed by atoms with Gasteiger partial charge in [0.25, 0.3) is 0 Å². The van der Waals surface area contributed by atoms with Crippen molar-refractivity contribution in [3.8, 4) is 0 Å². The van der Waals surface area contributed by atoms with Gasteiger partial charge >= 0.3 is 8.80 Å². The molecule has 0 saturated heterocycles. The number of nitrogens with zero attached hydrogens (tertiary/aromatic N) is 1. The predicted octanol–water partition coefficient (Wildman–Crippen LogP) is 3.67. The minimum Gasteiger partial charge on any atom is -0.377 e. The van der Waals surface area contributed by atoms with Gasteiger partial charge in [-0.1, -0.05) is 10.8 Å². The van der Waals surface area contributed by atoms with E-state index >= 15 is 0 Å². The summed E-state index contributed by atoms with van der Waals surface area (Å²) in [7, 11) is 6.37. The van der Waals surface area contributed by atoms with Gasteiger partial charge in [-0.3, -0.25) is 0 Å². The van der Waals surface area contributed by atoms with Crippen molar-refractivity contribution < 1.29 is 13.3 Å².